The number of carboxylic acids is 1. The van der Waals surface area contributed by atoms with Gasteiger partial charge in [-0.15, -0.1) is 0 Å². The summed E-state index contributed by atoms with van der Waals surface area (Å²) in [6.45, 7) is 7.19. The summed E-state index contributed by atoms with van der Waals surface area (Å²) in [5, 5.41) is 9.07. The van der Waals surface area contributed by atoms with Crippen LogP contribution in [0.1, 0.15) is 60.8 Å². The number of carbonyl (C=O) groups is 3. The van der Waals surface area contributed by atoms with Gasteiger partial charge in [-0.25, -0.2) is 4.79 Å². The molecule has 7 nitrogen and oxygen atoms in total. The van der Waals surface area contributed by atoms with E-state index < -0.39 is 23.4 Å². The van der Waals surface area contributed by atoms with E-state index in [0.717, 1.165) is 0 Å². The molecule has 128 valence electrons. The van der Waals surface area contributed by atoms with Gasteiger partial charge in [-0.1, -0.05) is 6.92 Å². The summed E-state index contributed by atoms with van der Waals surface area (Å²) in [6.07, 6.45) is 0.420. The van der Waals surface area contributed by atoms with Crippen LogP contribution in [-0.4, -0.2) is 47.0 Å². The molecule has 0 unspecified atom stereocenters. The maximum absolute atomic E-state index is 12.2. The zero-order chi connectivity index (χ0) is 17.8. The van der Waals surface area contributed by atoms with Gasteiger partial charge in [-0.05, 0) is 20.8 Å². The molecule has 1 N–H and O–H groups in total. The number of esters is 1. The Morgan fingerprint density at radius 3 is 2.35 bits per heavy atom. The number of aryl methyl sites for hydroxylation is 1. The molecule has 0 bridgehead atoms. The van der Waals surface area contributed by atoms with E-state index in [2.05, 4.69) is 0 Å². The molecule has 0 saturated heterocycles. The summed E-state index contributed by atoms with van der Waals surface area (Å²) in [6, 6.07) is 1.22. The summed E-state index contributed by atoms with van der Waals surface area (Å²) < 4.78 is 10.5. The molecule has 7 heteroatoms. The normalized spacial score (nSPS) is 11.2. The number of rotatable bonds is 6. The summed E-state index contributed by atoms with van der Waals surface area (Å²) in [7, 11) is 1.52. The summed E-state index contributed by atoms with van der Waals surface area (Å²) in [5.41, 5.74) is -0.594. The number of hydrogen-bond acceptors (Lipinski definition) is 5. The fraction of sp³-hybridized carbons (Fsp3) is 0.562. The lowest BCUT2D eigenvalue weighted by molar-refractivity contribution is -0.154. The molecule has 0 aliphatic heterocycles. The van der Waals surface area contributed by atoms with E-state index in [9.17, 15) is 14.4 Å². The van der Waals surface area contributed by atoms with E-state index in [1.165, 1.54) is 18.0 Å². The Hall–Kier alpha value is -2.31. The number of ether oxygens (including phenoxy) is 1. The van der Waals surface area contributed by atoms with Crippen LogP contribution in [-0.2, 0) is 16.0 Å². The highest BCUT2D eigenvalue weighted by Gasteiger charge is 2.23. The Labute approximate surface area is 135 Å². The van der Waals surface area contributed by atoms with E-state index in [1.54, 1.807) is 27.7 Å². The van der Waals surface area contributed by atoms with Gasteiger partial charge in [0.2, 0.25) is 0 Å². The monoisotopic (exact) mass is 325 g/mol. The van der Waals surface area contributed by atoms with Gasteiger partial charge in [0.15, 0.2) is 5.76 Å². The van der Waals surface area contributed by atoms with Gasteiger partial charge < -0.3 is 19.2 Å². The van der Waals surface area contributed by atoms with E-state index >= 15 is 0 Å². The van der Waals surface area contributed by atoms with Gasteiger partial charge in [-0.3, -0.25) is 9.59 Å². The third kappa shape index (κ3) is 5.43. The first kappa shape index (κ1) is 18.7. The van der Waals surface area contributed by atoms with Gasteiger partial charge in [0.25, 0.3) is 5.91 Å². The Morgan fingerprint density at radius 1 is 1.30 bits per heavy atom. The first-order valence-corrected chi connectivity index (χ1v) is 7.38. The molecular formula is C16H23NO6. The van der Waals surface area contributed by atoms with Gasteiger partial charge in [-0.2, -0.15) is 0 Å². The Balaban J connectivity index is 2.70. The molecule has 0 saturated carbocycles. The quantitative estimate of drug-likeness (QED) is 0.806. The fourth-order valence-corrected chi connectivity index (χ4v) is 1.92. The third-order valence-corrected chi connectivity index (χ3v) is 2.99. The standard InChI is InChI=1S/C16H23NO6/c1-6-11-10(15(20)21)9-12(22-11)14(19)17(5)8-7-13(18)23-16(2,3)4/h9H,6-8H2,1-5H3,(H,20,21). The number of nitrogens with zero attached hydrogens (tertiary/aromatic N) is 1. The van der Waals surface area contributed by atoms with E-state index in [4.69, 9.17) is 14.3 Å². The minimum absolute atomic E-state index is 0.0172. The predicted molar refractivity (Wildman–Crippen MR) is 82.5 cm³/mol. The van der Waals surface area contributed by atoms with Gasteiger partial charge >= 0.3 is 11.9 Å². The van der Waals surface area contributed by atoms with Crippen LogP contribution in [0.3, 0.4) is 0 Å². The van der Waals surface area contributed by atoms with Gasteiger partial charge in [0.05, 0.1) is 6.42 Å². The molecule has 0 spiro atoms. The maximum atomic E-state index is 12.2. The fourth-order valence-electron chi connectivity index (χ4n) is 1.92. The highest BCUT2D eigenvalue weighted by molar-refractivity contribution is 5.96. The maximum Gasteiger partial charge on any atom is 0.339 e. The second kappa shape index (κ2) is 7.30. The summed E-state index contributed by atoms with van der Waals surface area (Å²) >= 11 is 0. The van der Waals surface area contributed by atoms with Crippen molar-refractivity contribution in [2.24, 2.45) is 0 Å². The highest BCUT2D eigenvalue weighted by Crippen LogP contribution is 2.18. The Morgan fingerprint density at radius 2 is 1.91 bits per heavy atom. The van der Waals surface area contributed by atoms with Crippen LogP contribution >= 0.6 is 0 Å². The molecule has 1 aromatic rings. The van der Waals surface area contributed by atoms with Crippen molar-refractivity contribution in [3.8, 4) is 0 Å². The number of aromatic carboxylic acids is 1. The lowest BCUT2D eigenvalue weighted by atomic mass is 10.2. The minimum atomic E-state index is -1.14. The molecule has 0 aliphatic rings. The number of amides is 1. The number of carboxylic acid groups (broad SMARTS) is 1. The average molecular weight is 325 g/mol. The van der Waals surface area contributed by atoms with E-state index in [1.807, 2.05) is 0 Å². The molecule has 0 radical (unpaired) electrons. The molecule has 1 aromatic heterocycles. The van der Waals surface area contributed by atoms with E-state index in [-0.39, 0.29) is 30.0 Å². The highest BCUT2D eigenvalue weighted by atomic mass is 16.6. The molecule has 0 aromatic carbocycles. The molecule has 1 amide bonds. The average Bonchev–Trinajstić information content (AvgIpc) is 2.86. The first-order chi connectivity index (χ1) is 10.5. The topological polar surface area (TPSA) is 97.0 Å². The van der Waals surface area contributed by atoms with Crippen LogP contribution < -0.4 is 0 Å². The van der Waals surface area contributed by atoms with Crippen molar-refractivity contribution in [3.63, 3.8) is 0 Å². The minimum Gasteiger partial charge on any atom is -0.478 e. The first-order valence-electron chi connectivity index (χ1n) is 7.38. The van der Waals surface area contributed by atoms with Crippen LogP contribution in [0.25, 0.3) is 0 Å². The zero-order valence-electron chi connectivity index (χ0n) is 14.1. The number of furan rings is 1. The van der Waals surface area contributed by atoms with Crippen molar-refractivity contribution >= 4 is 17.8 Å². The van der Waals surface area contributed by atoms with Crippen molar-refractivity contribution in [3.05, 3.63) is 23.2 Å². The Kier molecular flexibility index (Phi) is 5.95. The lowest BCUT2D eigenvalue weighted by Crippen LogP contribution is -2.31. The zero-order valence-corrected chi connectivity index (χ0v) is 14.1. The van der Waals surface area contributed by atoms with Crippen molar-refractivity contribution in [2.75, 3.05) is 13.6 Å². The largest absolute Gasteiger partial charge is 0.478 e. The van der Waals surface area contributed by atoms with E-state index in [0.29, 0.717) is 6.42 Å². The summed E-state index contributed by atoms with van der Waals surface area (Å²) in [5.74, 6) is -1.82. The smallest absolute Gasteiger partial charge is 0.339 e. The van der Waals surface area contributed by atoms with Crippen LogP contribution in [0.2, 0.25) is 0 Å². The molecule has 1 heterocycles. The summed E-state index contributed by atoms with van der Waals surface area (Å²) in [4.78, 5) is 36.3. The Bertz CT molecular complexity index is 596. The molecule has 23 heavy (non-hydrogen) atoms. The van der Waals surface area contributed by atoms with Crippen molar-refractivity contribution < 1.29 is 28.6 Å². The molecule has 0 atom stereocenters. The number of hydrogen-bond donors (Lipinski definition) is 1. The second-order valence-electron chi connectivity index (χ2n) is 6.17. The van der Waals surface area contributed by atoms with Crippen molar-refractivity contribution in [1.82, 2.24) is 4.90 Å². The predicted octanol–water partition coefficient (Wildman–Crippen LogP) is 2.34. The molecule has 1 rings (SSSR count). The molecule has 0 aliphatic carbocycles. The lowest BCUT2D eigenvalue weighted by Gasteiger charge is -2.21. The van der Waals surface area contributed by atoms with Crippen LogP contribution in [0.5, 0.6) is 0 Å². The van der Waals surface area contributed by atoms with Crippen LogP contribution in [0, 0.1) is 0 Å². The second-order valence-corrected chi connectivity index (χ2v) is 6.17. The molecular weight excluding hydrogens is 302 g/mol. The van der Waals surface area contributed by atoms with Crippen molar-refractivity contribution in [2.45, 2.75) is 46.1 Å². The van der Waals surface area contributed by atoms with Crippen molar-refractivity contribution in [1.29, 1.82) is 0 Å². The number of carbonyl (C=O) groups excluding carboxylic acids is 2. The molecule has 0 fully saturated rings. The van der Waals surface area contributed by atoms with Crippen LogP contribution in [0.15, 0.2) is 10.5 Å². The third-order valence-electron chi connectivity index (χ3n) is 2.99. The van der Waals surface area contributed by atoms with Crippen LogP contribution in [0.4, 0.5) is 0 Å². The SMILES string of the molecule is CCc1oc(C(=O)N(C)CCC(=O)OC(C)(C)C)cc1C(=O)O. The van der Waals surface area contributed by atoms with Gasteiger partial charge in [0.1, 0.15) is 16.9 Å². The van der Waals surface area contributed by atoms with Gasteiger partial charge in [0, 0.05) is 26.1 Å².